The van der Waals surface area contributed by atoms with E-state index in [0.29, 0.717) is 5.95 Å². The molecule has 2 N–H and O–H groups in total. The second-order valence-electron chi connectivity index (χ2n) is 8.12. The maximum Gasteiger partial charge on any atom is 0.234 e. The minimum Gasteiger partial charge on any atom is -0.369 e. The third-order valence-electron chi connectivity index (χ3n) is 5.76. The van der Waals surface area contributed by atoms with E-state index in [1.165, 1.54) is 18.2 Å². The third kappa shape index (κ3) is 5.43. The van der Waals surface area contributed by atoms with Gasteiger partial charge >= 0.3 is 0 Å². The second-order valence-corrected chi connectivity index (χ2v) is 9.96. The predicted octanol–water partition coefficient (Wildman–Crippen LogP) is 2.10. The number of hydrogen-bond acceptors (Lipinski definition) is 7. The molecule has 2 aliphatic rings. The van der Waals surface area contributed by atoms with Gasteiger partial charge in [-0.3, -0.25) is 4.72 Å². The highest BCUT2D eigenvalue weighted by atomic mass is 32.2. The lowest BCUT2D eigenvalue weighted by Gasteiger charge is -2.33. The van der Waals surface area contributed by atoms with E-state index in [2.05, 4.69) is 26.9 Å². The summed E-state index contributed by atoms with van der Waals surface area (Å²) in [6, 6.07) is 5.74. The van der Waals surface area contributed by atoms with Gasteiger partial charge in [-0.05, 0) is 44.9 Å². The Balaban J connectivity index is 1.46. The van der Waals surface area contributed by atoms with E-state index >= 15 is 0 Å². The molecule has 0 unspecified atom stereocenters. The molecular weight excluding hydrogens is 419 g/mol. The van der Waals surface area contributed by atoms with Crippen LogP contribution in [0.3, 0.4) is 0 Å². The number of aryl methyl sites for hydroxylation is 1. The topological polar surface area (TPSA) is 90.5 Å². The number of para-hydroxylation sites is 1. The molecule has 0 saturated carbocycles. The van der Waals surface area contributed by atoms with Crippen molar-refractivity contribution < 1.29 is 12.8 Å². The lowest BCUT2D eigenvalue weighted by Crippen LogP contribution is -2.45. The molecule has 168 valence electrons. The van der Waals surface area contributed by atoms with Crippen LogP contribution in [0.4, 0.5) is 21.8 Å². The molecule has 0 radical (unpaired) electrons. The first-order chi connectivity index (χ1) is 14.9. The van der Waals surface area contributed by atoms with Crippen molar-refractivity contribution in [3.63, 3.8) is 0 Å². The van der Waals surface area contributed by atoms with E-state index in [4.69, 9.17) is 9.97 Å². The van der Waals surface area contributed by atoms with Gasteiger partial charge in [0.05, 0.1) is 17.1 Å². The van der Waals surface area contributed by atoms with E-state index in [9.17, 15) is 12.8 Å². The molecular formula is C21H29FN6O2S. The van der Waals surface area contributed by atoms with Gasteiger partial charge < -0.3 is 15.1 Å². The maximum atomic E-state index is 13.8. The molecule has 1 fully saturated rings. The highest BCUT2D eigenvalue weighted by Gasteiger charge is 2.23. The number of piperazine rings is 1. The standard InChI is InChI=1S/C21H29FN6O2S/c1-27-11-13-28(14-12-27)21-24-18-8-4-2-6-16(18)20(25-21)23-10-15-31(29,30)26-19-9-5-3-7-17(19)22/h3,5,7,9,26H,2,4,6,8,10-15H2,1H3,(H,23,24,25). The first-order valence-electron chi connectivity index (χ1n) is 10.7. The molecule has 1 aliphatic heterocycles. The van der Waals surface area contributed by atoms with Crippen LogP contribution in [0.15, 0.2) is 24.3 Å². The summed E-state index contributed by atoms with van der Waals surface area (Å²) in [6.45, 7) is 3.84. The number of anilines is 3. The van der Waals surface area contributed by atoms with E-state index in [0.717, 1.165) is 68.9 Å². The van der Waals surface area contributed by atoms with Crippen molar-refractivity contribution in [3.8, 4) is 0 Å². The molecule has 0 spiro atoms. The minimum atomic E-state index is -3.70. The fourth-order valence-corrected chi connectivity index (χ4v) is 4.91. The van der Waals surface area contributed by atoms with Crippen LogP contribution >= 0.6 is 0 Å². The quantitative estimate of drug-likeness (QED) is 0.670. The minimum absolute atomic E-state index is 0.0423. The van der Waals surface area contributed by atoms with Gasteiger partial charge in [-0.25, -0.2) is 17.8 Å². The summed E-state index contributed by atoms with van der Waals surface area (Å²) in [7, 11) is -1.59. The largest absolute Gasteiger partial charge is 0.369 e. The monoisotopic (exact) mass is 448 g/mol. The number of aromatic nitrogens is 2. The summed E-state index contributed by atoms with van der Waals surface area (Å²) >= 11 is 0. The number of halogens is 1. The molecule has 0 atom stereocenters. The van der Waals surface area contributed by atoms with E-state index in [1.807, 2.05) is 0 Å². The van der Waals surface area contributed by atoms with Gasteiger partial charge in [0.1, 0.15) is 11.6 Å². The Morgan fingerprint density at radius 1 is 1.06 bits per heavy atom. The lowest BCUT2D eigenvalue weighted by atomic mass is 9.96. The van der Waals surface area contributed by atoms with Crippen molar-refractivity contribution in [2.75, 3.05) is 60.5 Å². The first kappa shape index (κ1) is 21.8. The molecule has 4 rings (SSSR count). The zero-order valence-corrected chi connectivity index (χ0v) is 18.6. The van der Waals surface area contributed by atoms with Crippen molar-refractivity contribution in [2.24, 2.45) is 0 Å². The van der Waals surface area contributed by atoms with Gasteiger partial charge in [-0.2, -0.15) is 4.98 Å². The fourth-order valence-electron chi connectivity index (χ4n) is 3.94. The highest BCUT2D eigenvalue weighted by Crippen LogP contribution is 2.28. The molecule has 1 aromatic carbocycles. The van der Waals surface area contributed by atoms with Crippen molar-refractivity contribution >= 4 is 27.5 Å². The molecule has 0 bridgehead atoms. The number of rotatable bonds is 7. The van der Waals surface area contributed by atoms with Crippen molar-refractivity contribution in [1.29, 1.82) is 0 Å². The first-order valence-corrected chi connectivity index (χ1v) is 12.4. The van der Waals surface area contributed by atoms with Gasteiger partial charge in [-0.15, -0.1) is 0 Å². The molecule has 1 saturated heterocycles. The third-order valence-corrected chi connectivity index (χ3v) is 7.03. The summed E-state index contributed by atoms with van der Waals surface area (Å²) in [4.78, 5) is 14.1. The lowest BCUT2D eigenvalue weighted by molar-refractivity contribution is 0.311. The van der Waals surface area contributed by atoms with Crippen LogP contribution in [0, 0.1) is 5.82 Å². The van der Waals surface area contributed by atoms with Crippen LogP contribution < -0.4 is 14.9 Å². The molecule has 10 heteroatoms. The molecule has 1 aliphatic carbocycles. The van der Waals surface area contributed by atoms with E-state index in [1.54, 1.807) is 6.07 Å². The highest BCUT2D eigenvalue weighted by molar-refractivity contribution is 7.92. The van der Waals surface area contributed by atoms with Crippen LogP contribution in [0.5, 0.6) is 0 Å². The number of benzene rings is 1. The van der Waals surface area contributed by atoms with Gasteiger partial charge in [-0.1, -0.05) is 12.1 Å². The van der Waals surface area contributed by atoms with Crippen LogP contribution in [-0.4, -0.2) is 68.8 Å². The van der Waals surface area contributed by atoms with Crippen molar-refractivity contribution in [3.05, 3.63) is 41.3 Å². The Morgan fingerprint density at radius 3 is 2.58 bits per heavy atom. The number of nitrogens with zero attached hydrogens (tertiary/aromatic N) is 4. The van der Waals surface area contributed by atoms with Crippen LogP contribution in [-0.2, 0) is 22.9 Å². The number of sulfonamides is 1. The Kier molecular flexibility index (Phi) is 6.57. The van der Waals surface area contributed by atoms with Crippen LogP contribution in [0.2, 0.25) is 0 Å². The van der Waals surface area contributed by atoms with Crippen LogP contribution in [0.1, 0.15) is 24.1 Å². The summed E-state index contributed by atoms with van der Waals surface area (Å²) in [5.74, 6) is 0.647. The molecule has 2 heterocycles. The second kappa shape index (κ2) is 9.35. The van der Waals surface area contributed by atoms with Gasteiger partial charge in [0.25, 0.3) is 0 Å². The van der Waals surface area contributed by atoms with E-state index in [-0.39, 0.29) is 18.0 Å². The molecule has 1 aromatic heterocycles. The average molecular weight is 449 g/mol. The number of fused-ring (bicyclic) bond motifs is 1. The summed E-state index contributed by atoms with van der Waals surface area (Å²) in [5, 5.41) is 3.22. The summed E-state index contributed by atoms with van der Waals surface area (Å²) in [5.41, 5.74) is 2.10. The normalized spacial score (nSPS) is 17.3. The Labute approximate surface area is 182 Å². The number of likely N-dealkylation sites (N-methyl/N-ethyl adjacent to an activating group) is 1. The molecule has 2 aromatic rings. The predicted molar refractivity (Wildman–Crippen MR) is 121 cm³/mol. The molecule has 8 nitrogen and oxygen atoms in total. The van der Waals surface area contributed by atoms with Gasteiger partial charge in [0.2, 0.25) is 16.0 Å². The fraction of sp³-hybridized carbons (Fsp3) is 0.524. The summed E-state index contributed by atoms with van der Waals surface area (Å²) in [6.07, 6.45) is 3.99. The molecule has 31 heavy (non-hydrogen) atoms. The van der Waals surface area contributed by atoms with Gasteiger partial charge in [0, 0.05) is 38.3 Å². The SMILES string of the molecule is CN1CCN(c2nc3c(c(NCCS(=O)(=O)Nc4ccccc4F)n2)CCCC3)CC1. The Hall–Kier alpha value is -2.46. The summed E-state index contributed by atoms with van der Waals surface area (Å²) < 4.78 is 40.9. The van der Waals surface area contributed by atoms with Crippen molar-refractivity contribution in [2.45, 2.75) is 25.7 Å². The average Bonchev–Trinajstić information content (AvgIpc) is 2.75. The van der Waals surface area contributed by atoms with E-state index < -0.39 is 15.8 Å². The Bertz CT molecular complexity index is 1020. The zero-order chi connectivity index (χ0) is 21.8. The zero-order valence-electron chi connectivity index (χ0n) is 17.8. The smallest absolute Gasteiger partial charge is 0.234 e. The number of nitrogens with one attached hydrogen (secondary N) is 2. The van der Waals surface area contributed by atoms with Crippen LogP contribution in [0.25, 0.3) is 0 Å². The molecule has 0 amide bonds. The van der Waals surface area contributed by atoms with Crippen molar-refractivity contribution in [1.82, 2.24) is 14.9 Å². The Morgan fingerprint density at radius 2 is 1.81 bits per heavy atom. The van der Waals surface area contributed by atoms with Gasteiger partial charge in [0.15, 0.2) is 0 Å². The maximum absolute atomic E-state index is 13.8. The number of hydrogen-bond donors (Lipinski definition) is 2.